The van der Waals surface area contributed by atoms with Crippen molar-refractivity contribution >= 4 is 21.6 Å². The highest BCUT2D eigenvalue weighted by Crippen LogP contribution is 2.28. The maximum atomic E-state index is 10.8. The Balaban J connectivity index is 3.10. The van der Waals surface area contributed by atoms with Gasteiger partial charge in [-0.25, -0.2) is 0 Å². The second-order valence-corrected chi connectivity index (χ2v) is 4.21. The van der Waals surface area contributed by atoms with E-state index in [1.165, 1.54) is 6.07 Å². The molecule has 2 N–H and O–H groups in total. The van der Waals surface area contributed by atoms with Crippen molar-refractivity contribution in [1.82, 2.24) is 4.98 Å². The number of nitrogens with zero attached hydrogens (tertiary/aromatic N) is 2. The van der Waals surface area contributed by atoms with Crippen LogP contribution in [0.3, 0.4) is 0 Å². The van der Waals surface area contributed by atoms with Gasteiger partial charge in [0.25, 0.3) is 5.69 Å². The minimum atomic E-state index is -0.417. The molecule has 0 radical (unpaired) electrons. The minimum Gasteiger partial charge on any atom is -0.330 e. The van der Waals surface area contributed by atoms with Crippen molar-refractivity contribution in [2.75, 3.05) is 6.54 Å². The van der Waals surface area contributed by atoms with Crippen molar-refractivity contribution < 1.29 is 4.92 Å². The van der Waals surface area contributed by atoms with E-state index in [-0.39, 0.29) is 11.6 Å². The second kappa shape index (κ2) is 5.18. The SMILES string of the molecule is CC(CCN)c1ncc(Br)cc1[N+](=O)[O-]. The molecule has 0 aromatic carbocycles. The molecule has 0 fully saturated rings. The number of hydrogen-bond donors (Lipinski definition) is 1. The number of nitrogens with two attached hydrogens (primary N) is 1. The van der Waals surface area contributed by atoms with Crippen LogP contribution in [0.5, 0.6) is 0 Å². The summed E-state index contributed by atoms with van der Waals surface area (Å²) in [5.41, 5.74) is 5.96. The van der Waals surface area contributed by atoms with Crippen LogP contribution in [0.15, 0.2) is 16.7 Å². The molecule has 0 aliphatic rings. The third kappa shape index (κ3) is 2.97. The zero-order chi connectivity index (χ0) is 11.4. The lowest BCUT2D eigenvalue weighted by molar-refractivity contribution is -0.386. The number of hydrogen-bond acceptors (Lipinski definition) is 4. The standard InChI is InChI=1S/C9H12BrN3O2/c1-6(2-3-11)9-8(13(14)15)4-7(10)5-12-9/h4-6H,2-3,11H2,1H3. The predicted molar refractivity (Wildman–Crippen MR) is 60.7 cm³/mol. The molecule has 0 saturated carbocycles. The van der Waals surface area contributed by atoms with Crippen LogP contribution < -0.4 is 5.73 Å². The van der Waals surface area contributed by atoms with Gasteiger partial charge >= 0.3 is 0 Å². The first-order chi connectivity index (χ1) is 7.06. The van der Waals surface area contributed by atoms with Crippen molar-refractivity contribution in [3.05, 3.63) is 32.5 Å². The fourth-order valence-corrected chi connectivity index (χ4v) is 1.67. The van der Waals surface area contributed by atoms with E-state index in [4.69, 9.17) is 5.73 Å². The smallest absolute Gasteiger partial charge is 0.292 e. The molecule has 1 atom stereocenters. The maximum Gasteiger partial charge on any atom is 0.292 e. The van der Waals surface area contributed by atoms with Crippen molar-refractivity contribution in [1.29, 1.82) is 0 Å². The summed E-state index contributed by atoms with van der Waals surface area (Å²) in [6.45, 7) is 2.38. The summed E-state index contributed by atoms with van der Waals surface area (Å²) in [6, 6.07) is 1.47. The first kappa shape index (κ1) is 12.1. The summed E-state index contributed by atoms with van der Waals surface area (Å²) >= 11 is 3.16. The lowest BCUT2D eigenvalue weighted by Crippen LogP contribution is -2.08. The summed E-state index contributed by atoms with van der Waals surface area (Å²) in [6.07, 6.45) is 2.25. The molecule has 0 spiro atoms. The van der Waals surface area contributed by atoms with Gasteiger partial charge in [0.05, 0.1) is 4.92 Å². The Kier molecular flexibility index (Phi) is 4.16. The monoisotopic (exact) mass is 273 g/mol. The minimum absolute atomic E-state index is 0.00324. The van der Waals surface area contributed by atoms with Crippen LogP contribution in [0.25, 0.3) is 0 Å². The number of halogens is 1. The number of rotatable bonds is 4. The van der Waals surface area contributed by atoms with Gasteiger partial charge in [0, 0.05) is 22.7 Å². The molecule has 0 bridgehead atoms. The molecule has 1 heterocycles. The van der Waals surface area contributed by atoms with Gasteiger partial charge in [-0.3, -0.25) is 15.1 Å². The molecule has 0 aliphatic heterocycles. The van der Waals surface area contributed by atoms with E-state index in [1.54, 1.807) is 6.20 Å². The van der Waals surface area contributed by atoms with Crippen molar-refractivity contribution in [3.8, 4) is 0 Å². The molecule has 0 saturated heterocycles. The Morgan fingerprint density at radius 1 is 1.73 bits per heavy atom. The second-order valence-electron chi connectivity index (χ2n) is 3.29. The van der Waals surface area contributed by atoms with Crippen LogP contribution in [0, 0.1) is 10.1 Å². The summed E-state index contributed by atoms with van der Waals surface area (Å²) < 4.78 is 0.609. The van der Waals surface area contributed by atoms with E-state index in [9.17, 15) is 10.1 Å². The van der Waals surface area contributed by atoms with Gasteiger partial charge in [0.1, 0.15) is 5.69 Å². The first-order valence-electron chi connectivity index (χ1n) is 4.56. The Morgan fingerprint density at radius 2 is 2.40 bits per heavy atom. The molecule has 0 aliphatic carbocycles. The van der Waals surface area contributed by atoms with Gasteiger partial charge in [0.15, 0.2) is 0 Å². The molecule has 6 heteroatoms. The van der Waals surface area contributed by atoms with Crippen molar-refractivity contribution in [2.45, 2.75) is 19.3 Å². The molecule has 1 aromatic heterocycles. The van der Waals surface area contributed by atoms with Gasteiger partial charge in [0.2, 0.25) is 0 Å². The molecule has 15 heavy (non-hydrogen) atoms. The highest BCUT2D eigenvalue weighted by Gasteiger charge is 2.20. The third-order valence-electron chi connectivity index (χ3n) is 2.13. The number of pyridine rings is 1. The summed E-state index contributed by atoms with van der Waals surface area (Å²) in [7, 11) is 0. The summed E-state index contributed by atoms with van der Waals surface area (Å²) in [5, 5.41) is 10.8. The average Bonchev–Trinajstić information content (AvgIpc) is 2.17. The molecular weight excluding hydrogens is 262 g/mol. The number of nitro groups is 1. The zero-order valence-corrected chi connectivity index (χ0v) is 9.90. The van der Waals surface area contributed by atoms with E-state index in [0.29, 0.717) is 23.1 Å². The molecule has 1 rings (SSSR count). The molecule has 5 nitrogen and oxygen atoms in total. The van der Waals surface area contributed by atoms with Gasteiger partial charge in [-0.15, -0.1) is 0 Å². The molecule has 1 aromatic rings. The van der Waals surface area contributed by atoms with E-state index < -0.39 is 4.92 Å². The Bertz CT molecular complexity index is 370. The van der Waals surface area contributed by atoms with Crippen LogP contribution in [0.4, 0.5) is 5.69 Å². The first-order valence-corrected chi connectivity index (χ1v) is 5.35. The van der Waals surface area contributed by atoms with Crippen molar-refractivity contribution in [2.24, 2.45) is 5.73 Å². The third-order valence-corrected chi connectivity index (χ3v) is 2.56. The van der Waals surface area contributed by atoms with E-state index in [2.05, 4.69) is 20.9 Å². The van der Waals surface area contributed by atoms with Crippen LogP contribution >= 0.6 is 15.9 Å². The Labute approximate surface area is 96.0 Å². The van der Waals surface area contributed by atoms with Crippen LogP contribution in [0.2, 0.25) is 0 Å². The lowest BCUT2D eigenvalue weighted by atomic mass is 10.0. The Morgan fingerprint density at radius 3 is 2.93 bits per heavy atom. The fraction of sp³-hybridized carbons (Fsp3) is 0.444. The summed E-state index contributed by atoms with van der Waals surface area (Å²) in [5.74, 6) is 0.00324. The lowest BCUT2D eigenvalue weighted by Gasteiger charge is -2.09. The largest absolute Gasteiger partial charge is 0.330 e. The van der Waals surface area contributed by atoms with Crippen LogP contribution in [0.1, 0.15) is 25.0 Å². The number of aromatic nitrogens is 1. The van der Waals surface area contributed by atoms with Gasteiger partial charge < -0.3 is 5.73 Å². The molecule has 82 valence electrons. The zero-order valence-electron chi connectivity index (χ0n) is 8.31. The van der Waals surface area contributed by atoms with Gasteiger partial charge in [-0.1, -0.05) is 6.92 Å². The van der Waals surface area contributed by atoms with E-state index in [0.717, 1.165) is 0 Å². The van der Waals surface area contributed by atoms with Gasteiger partial charge in [-0.2, -0.15) is 0 Å². The van der Waals surface area contributed by atoms with Crippen LogP contribution in [-0.4, -0.2) is 16.5 Å². The van der Waals surface area contributed by atoms with E-state index in [1.807, 2.05) is 6.92 Å². The molecule has 1 unspecified atom stereocenters. The molecule has 0 amide bonds. The average molecular weight is 274 g/mol. The van der Waals surface area contributed by atoms with Crippen LogP contribution in [-0.2, 0) is 0 Å². The highest BCUT2D eigenvalue weighted by molar-refractivity contribution is 9.10. The van der Waals surface area contributed by atoms with Crippen molar-refractivity contribution in [3.63, 3.8) is 0 Å². The molecular formula is C9H12BrN3O2. The summed E-state index contributed by atoms with van der Waals surface area (Å²) in [4.78, 5) is 14.5. The predicted octanol–water partition coefficient (Wildman–Crippen LogP) is 2.20. The Hall–Kier alpha value is -1.01. The van der Waals surface area contributed by atoms with Gasteiger partial charge in [-0.05, 0) is 28.9 Å². The maximum absolute atomic E-state index is 10.8. The van der Waals surface area contributed by atoms with E-state index >= 15 is 0 Å². The fourth-order valence-electron chi connectivity index (χ4n) is 1.35. The quantitative estimate of drug-likeness (QED) is 0.674. The normalized spacial score (nSPS) is 12.5. The highest BCUT2D eigenvalue weighted by atomic mass is 79.9. The topological polar surface area (TPSA) is 82.0 Å².